The monoisotopic (exact) mass is 430 g/mol. The molecule has 0 fully saturated rings. The minimum absolute atomic E-state index is 0.0354. The number of fused-ring (bicyclic) bond motifs is 1. The average molecular weight is 431 g/mol. The highest BCUT2D eigenvalue weighted by Crippen LogP contribution is 2.38. The molecule has 0 amide bonds. The zero-order valence-electron chi connectivity index (χ0n) is 17.9. The molecule has 1 heterocycles. The summed E-state index contributed by atoms with van der Waals surface area (Å²) < 4.78 is 7.29. The topological polar surface area (TPSA) is 30.2 Å². The number of benzene rings is 3. The summed E-state index contributed by atoms with van der Waals surface area (Å²) >= 11 is 6.42. The largest absolute Gasteiger partial charge is 0.464 e. The van der Waals surface area contributed by atoms with Crippen LogP contribution in [0.1, 0.15) is 19.9 Å². The summed E-state index contributed by atoms with van der Waals surface area (Å²) in [5.41, 5.74) is 4.10. The maximum atomic E-state index is 12.9. The van der Waals surface area contributed by atoms with Crippen LogP contribution in [0.5, 0.6) is 0 Å². The van der Waals surface area contributed by atoms with Crippen LogP contribution >= 0.6 is 11.6 Å². The molecule has 0 aliphatic heterocycles. The van der Waals surface area contributed by atoms with E-state index in [4.69, 9.17) is 16.3 Å². The van der Waals surface area contributed by atoms with Crippen LogP contribution < -0.4 is 4.57 Å². The van der Waals surface area contributed by atoms with Gasteiger partial charge in [-0.2, -0.15) is 4.57 Å². The van der Waals surface area contributed by atoms with Gasteiger partial charge in [0.05, 0.1) is 12.7 Å². The number of hydrogen-bond acceptors (Lipinski definition) is 2. The number of halogens is 1. The molecule has 156 valence electrons. The molecule has 1 atom stereocenters. The SMILES string of the molecule is COC(=O)[C@H](C(C)C)[n+]1cc2ccc(Cl)cc2c(-c2ccccc2)c1-c1ccccc1. The summed E-state index contributed by atoms with van der Waals surface area (Å²) in [6, 6.07) is 25.8. The number of esters is 1. The number of aromatic nitrogens is 1. The van der Waals surface area contributed by atoms with Crippen LogP contribution in [-0.4, -0.2) is 13.1 Å². The maximum absolute atomic E-state index is 12.9. The Morgan fingerprint density at radius 3 is 2.10 bits per heavy atom. The van der Waals surface area contributed by atoms with Crippen LogP contribution in [0.25, 0.3) is 33.2 Å². The number of carbonyl (C=O) groups excluding carboxylic acids is 1. The lowest BCUT2D eigenvalue weighted by Gasteiger charge is -2.20. The van der Waals surface area contributed by atoms with Gasteiger partial charge in [0.1, 0.15) is 0 Å². The fourth-order valence-electron chi connectivity index (χ4n) is 4.16. The summed E-state index contributed by atoms with van der Waals surface area (Å²) in [5, 5.41) is 2.73. The minimum atomic E-state index is -0.470. The quantitative estimate of drug-likeness (QED) is 0.268. The van der Waals surface area contributed by atoms with Crippen molar-refractivity contribution in [2.75, 3.05) is 7.11 Å². The second-order valence-electron chi connectivity index (χ2n) is 7.94. The lowest BCUT2D eigenvalue weighted by Crippen LogP contribution is -2.49. The number of nitrogens with zero attached hydrogens (tertiary/aromatic N) is 1. The van der Waals surface area contributed by atoms with Crippen molar-refractivity contribution in [3.05, 3.63) is 90.1 Å². The van der Waals surface area contributed by atoms with E-state index in [1.807, 2.05) is 74.6 Å². The number of hydrogen-bond donors (Lipinski definition) is 0. The molecule has 31 heavy (non-hydrogen) atoms. The molecule has 4 aromatic rings. The molecule has 0 saturated heterocycles. The molecule has 0 N–H and O–H groups in total. The summed E-state index contributed by atoms with van der Waals surface area (Å²) in [7, 11) is 1.44. The molecule has 0 radical (unpaired) electrons. The van der Waals surface area contributed by atoms with Gasteiger partial charge in [0.15, 0.2) is 6.20 Å². The van der Waals surface area contributed by atoms with Gasteiger partial charge in [-0.3, -0.25) is 0 Å². The van der Waals surface area contributed by atoms with Crippen molar-refractivity contribution in [2.24, 2.45) is 5.92 Å². The number of carbonyl (C=O) groups is 1. The van der Waals surface area contributed by atoms with Gasteiger partial charge in [-0.15, -0.1) is 0 Å². The highest BCUT2D eigenvalue weighted by molar-refractivity contribution is 6.31. The first kappa shape index (κ1) is 21.1. The maximum Gasteiger partial charge on any atom is 0.375 e. The minimum Gasteiger partial charge on any atom is -0.464 e. The lowest BCUT2D eigenvalue weighted by molar-refractivity contribution is -0.704. The highest BCUT2D eigenvalue weighted by atomic mass is 35.5. The van der Waals surface area contributed by atoms with Crippen molar-refractivity contribution in [3.63, 3.8) is 0 Å². The molecule has 4 rings (SSSR count). The molecular formula is C27H25ClNO2+. The molecule has 0 spiro atoms. The fourth-order valence-corrected chi connectivity index (χ4v) is 4.33. The van der Waals surface area contributed by atoms with E-state index in [0.29, 0.717) is 5.02 Å². The Labute approximate surface area is 187 Å². The zero-order chi connectivity index (χ0) is 22.0. The van der Waals surface area contributed by atoms with E-state index in [1.54, 1.807) is 0 Å². The fraction of sp³-hybridized carbons (Fsp3) is 0.185. The van der Waals surface area contributed by atoms with Crippen LogP contribution in [0.4, 0.5) is 0 Å². The standard InChI is InChI=1S/C27H25ClNO2/c1-18(2)25(27(30)31-3)29-17-21-14-15-22(28)16-23(21)24(19-10-6-4-7-11-19)26(29)20-12-8-5-9-13-20/h4-18,25H,1-3H3/q+1/t25-/m0/s1. The van der Waals surface area contributed by atoms with E-state index in [1.165, 1.54) is 7.11 Å². The number of rotatable bonds is 5. The predicted molar refractivity (Wildman–Crippen MR) is 126 cm³/mol. The van der Waals surface area contributed by atoms with Crippen molar-refractivity contribution in [3.8, 4) is 22.4 Å². The van der Waals surface area contributed by atoms with Crippen LogP contribution in [-0.2, 0) is 9.53 Å². The summed E-state index contributed by atoms with van der Waals surface area (Å²) in [6.45, 7) is 4.08. The Balaban J connectivity index is 2.20. The smallest absolute Gasteiger partial charge is 0.375 e. The van der Waals surface area contributed by atoms with Gasteiger partial charge in [0.25, 0.3) is 6.04 Å². The van der Waals surface area contributed by atoms with E-state index < -0.39 is 6.04 Å². The second-order valence-corrected chi connectivity index (χ2v) is 8.37. The summed E-state index contributed by atoms with van der Waals surface area (Å²) in [6.07, 6.45) is 2.04. The van der Waals surface area contributed by atoms with E-state index in [9.17, 15) is 4.79 Å². The second kappa shape index (κ2) is 8.91. The predicted octanol–water partition coefficient (Wildman–Crippen LogP) is 6.48. The Morgan fingerprint density at radius 1 is 0.903 bits per heavy atom. The molecule has 3 aromatic carbocycles. The summed E-state index contributed by atoms with van der Waals surface area (Å²) in [5.74, 6) is -0.224. The Hall–Kier alpha value is -3.17. The third kappa shape index (κ3) is 4.06. The normalized spacial score (nSPS) is 12.2. The highest BCUT2D eigenvalue weighted by Gasteiger charge is 2.37. The molecule has 0 saturated carbocycles. The first-order chi connectivity index (χ1) is 15.0. The third-order valence-corrected chi connectivity index (χ3v) is 5.78. The van der Waals surface area contributed by atoms with Gasteiger partial charge in [-0.25, -0.2) is 4.79 Å². The Kier molecular flexibility index (Phi) is 6.06. The molecule has 0 aliphatic rings. The molecule has 0 unspecified atom stereocenters. The molecular weight excluding hydrogens is 406 g/mol. The van der Waals surface area contributed by atoms with Gasteiger partial charge in [0, 0.05) is 27.3 Å². The lowest BCUT2D eigenvalue weighted by atomic mass is 9.92. The van der Waals surface area contributed by atoms with Gasteiger partial charge >= 0.3 is 5.97 Å². The van der Waals surface area contributed by atoms with E-state index in [0.717, 1.165) is 33.2 Å². The summed E-state index contributed by atoms with van der Waals surface area (Å²) in [4.78, 5) is 12.9. The van der Waals surface area contributed by atoms with Crippen LogP contribution in [0.15, 0.2) is 85.1 Å². The van der Waals surface area contributed by atoms with E-state index in [2.05, 4.69) is 28.8 Å². The first-order valence-electron chi connectivity index (χ1n) is 10.4. The molecule has 4 heteroatoms. The first-order valence-corrected chi connectivity index (χ1v) is 10.7. The van der Waals surface area contributed by atoms with Crippen molar-refractivity contribution in [1.82, 2.24) is 0 Å². The number of methoxy groups -OCH3 is 1. The number of ether oxygens (including phenoxy) is 1. The third-order valence-electron chi connectivity index (χ3n) is 5.54. The Bertz CT molecular complexity index is 1220. The van der Waals surface area contributed by atoms with E-state index in [-0.39, 0.29) is 11.9 Å². The molecule has 0 aliphatic carbocycles. The van der Waals surface area contributed by atoms with Crippen molar-refractivity contribution in [2.45, 2.75) is 19.9 Å². The Morgan fingerprint density at radius 2 is 1.52 bits per heavy atom. The molecule has 3 nitrogen and oxygen atoms in total. The number of pyridine rings is 1. The van der Waals surface area contributed by atoms with Gasteiger partial charge < -0.3 is 4.74 Å². The zero-order valence-corrected chi connectivity index (χ0v) is 18.6. The average Bonchev–Trinajstić information content (AvgIpc) is 2.79. The molecule has 0 bridgehead atoms. The van der Waals surface area contributed by atoms with Crippen LogP contribution in [0.3, 0.4) is 0 Å². The van der Waals surface area contributed by atoms with Crippen molar-refractivity contribution >= 4 is 28.3 Å². The van der Waals surface area contributed by atoms with Crippen molar-refractivity contribution < 1.29 is 14.1 Å². The van der Waals surface area contributed by atoms with Crippen LogP contribution in [0.2, 0.25) is 5.02 Å². The van der Waals surface area contributed by atoms with Crippen LogP contribution in [0, 0.1) is 5.92 Å². The van der Waals surface area contributed by atoms with Gasteiger partial charge in [-0.05, 0) is 35.9 Å². The van der Waals surface area contributed by atoms with Gasteiger partial charge in [-0.1, -0.05) is 74.0 Å². The molecule has 1 aromatic heterocycles. The van der Waals surface area contributed by atoms with Crippen molar-refractivity contribution in [1.29, 1.82) is 0 Å². The van der Waals surface area contributed by atoms with Gasteiger partial charge in [0.2, 0.25) is 5.69 Å². The van der Waals surface area contributed by atoms with E-state index >= 15 is 0 Å².